The Morgan fingerprint density at radius 2 is 1.68 bits per heavy atom. The summed E-state index contributed by atoms with van der Waals surface area (Å²) < 4.78 is 40.4. The molecule has 0 atom stereocenters. The Labute approximate surface area is 184 Å². The lowest BCUT2D eigenvalue weighted by Gasteiger charge is -2.34. The summed E-state index contributed by atoms with van der Waals surface area (Å²) in [4.78, 5) is 15.4. The quantitative estimate of drug-likeness (QED) is 0.535. The first kappa shape index (κ1) is 23.4. The highest BCUT2D eigenvalue weighted by atomic mass is 32.2. The van der Waals surface area contributed by atoms with Gasteiger partial charge in [0.25, 0.3) is 0 Å². The number of carbonyl (C=O) groups excluding carboxylic acids is 1. The van der Waals surface area contributed by atoms with E-state index in [0.29, 0.717) is 39.0 Å². The van der Waals surface area contributed by atoms with E-state index >= 15 is 0 Å². The molecule has 0 aliphatic carbocycles. The molecular formula is C24H31FN2O3S. The van der Waals surface area contributed by atoms with Crippen molar-refractivity contribution in [2.45, 2.75) is 50.5 Å². The van der Waals surface area contributed by atoms with Crippen molar-refractivity contribution in [2.75, 3.05) is 19.6 Å². The van der Waals surface area contributed by atoms with Crippen molar-refractivity contribution in [1.29, 1.82) is 0 Å². The number of benzene rings is 2. The number of carbonyl (C=O) groups is 1. The third-order valence-electron chi connectivity index (χ3n) is 5.81. The molecule has 3 rings (SSSR count). The van der Waals surface area contributed by atoms with E-state index in [0.717, 1.165) is 24.8 Å². The molecule has 0 bridgehead atoms. The van der Waals surface area contributed by atoms with Crippen LogP contribution in [0.1, 0.15) is 44.6 Å². The molecule has 1 saturated heterocycles. The normalized spacial score (nSPS) is 15.7. The smallest absolute Gasteiger partial charge is 0.243 e. The Balaban J connectivity index is 1.64. The molecule has 0 unspecified atom stereocenters. The average Bonchev–Trinajstić information content (AvgIpc) is 2.80. The molecule has 0 spiro atoms. The van der Waals surface area contributed by atoms with Gasteiger partial charge in [0.15, 0.2) is 0 Å². The average molecular weight is 447 g/mol. The maximum absolute atomic E-state index is 13.3. The van der Waals surface area contributed by atoms with E-state index in [9.17, 15) is 17.6 Å². The van der Waals surface area contributed by atoms with Crippen LogP contribution in [-0.2, 0) is 21.4 Å². The van der Waals surface area contributed by atoms with Crippen LogP contribution < -0.4 is 0 Å². The molecule has 31 heavy (non-hydrogen) atoms. The zero-order valence-corrected chi connectivity index (χ0v) is 18.9. The van der Waals surface area contributed by atoms with Crippen LogP contribution in [0.5, 0.6) is 0 Å². The van der Waals surface area contributed by atoms with E-state index in [-0.39, 0.29) is 22.5 Å². The van der Waals surface area contributed by atoms with Crippen molar-refractivity contribution >= 4 is 15.9 Å². The Kier molecular flexibility index (Phi) is 8.21. The van der Waals surface area contributed by atoms with Crippen molar-refractivity contribution in [3.8, 4) is 0 Å². The van der Waals surface area contributed by atoms with Crippen LogP contribution in [0.25, 0.3) is 0 Å². The topological polar surface area (TPSA) is 57.7 Å². The summed E-state index contributed by atoms with van der Waals surface area (Å²) in [5, 5.41) is 0. The lowest BCUT2D eigenvalue weighted by molar-refractivity contribution is -0.137. The van der Waals surface area contributed by atoms with Gasteiger partial charge in [-0.25, -0.2) is 12.8 Å². The number of sulfonamides is 1. The van der Waals surface area contributed by atoms with Crippen LogP contribution in [0.4, 0.5) is 4.39 Å². The van der Waals surface area contributed by atoms with E-state index in [1.54, 1.807) is 42.5 Å². The second-order valence-electron chi connectivity index (χ2n) is 8.08. The van der Waals surface area contributed by atoms with Gasteiger partial charge in [-0.05, 0) is 49.1 Å². The van der Waals surface area contributed by atoms with Gasteiger partial charge >= 0.3 is 0 Å². The minimum Gasteiger partial charge on any atom is -0.338 e. The molecule has 168 valence electrons. The second kappa shape index (κ2) is 10.9. The molecule has 1 heterocycles. The SMILES string of the molecule is CCCCCN(Cc1ccc(F)cc1)C(=O)C1CCN(S(=O)(=O)c2ccccc2)CC1. The summed E-state index contributed by atoms with van der Waals surface area (Å²) in [6.45, 7) is 3.91. The van der Waals surface area contributed by atoms with Gasteiger partial charge < -0.3 is 4.90 Å². The van der Waals surface area contributed by atoms with Crippen molar-refractivity contribution < 1.29 is 17.6 Å². The first-order chi connectivity index (χ1) is 14.9. The molecule has 2 aromatic carbocycles. The zero-order valence-electron chi connectivity index (χ0n) is 18.0. The number of nitrogens with zero attached hydrogens (tertiary/aromatic N) is 2. The van der Waals surface area contributed by atoms with Gasteiger partial charge in [0.1, 0.15) is 5.82 Å². The number of halogens is 1. The molecule has 0 N–H and O–H groups in total. The highest BCUT2D eigenvalue weighted by molar-refractivity contribution is 7.89. The fraction of sp³-hybridized carbons (Fsp3) is 0.458. The molecule has 0 aromatic heterocycles. The summed E-state index contributed by atoms with van der Waals surface area (Å²) in [6, 6.07) is 14.7. The number of hydrogen-bond acceptors (Lipinski definition) is 3. The van der Waals surface area contributed by atoms with E-state index in [1.165, 1.54) is 16.4 Å². The monoisotopic (exact) mass is 446 g/mol. The third-order valence-corrected chi connectivity index (χ3v) is 7.73. The maximum Gasteiger partial charge on any atom is 0.243 e. The standard InChI is InChI=1S/C24H31FN2O3S/c1-2-3-7-16-26(19-20-10-12-22(25)13-11-20)24(28)21-14-17-27(18-15-21)31(29,30)23-8-5-4-6-9-23/h4-6,8-13,21H,2-3,7,14-19H2,1H3. The Hall–Kier alpha value is -2.25. The molecule has 1 fully saturated rings. The Morgan fingerprint density at radius 3 is 2.29 bits per heavy atom. The van der Waals surface area contributed by atoms with Gasteiger partial charge in [0.2, 0.25) is 15.9 Å². The van der Waals surface area contributed by atoms with Crippen LogP contribution in [0.3, 0.4) is 0 Å². The molecular weight excluding hydrogens is 415 g/mol. The zero-order chi connectivity index (χ0) is 22.3. The maximum atomic E-state index is 13.3. The highest BCUT2D eigenvalue weighted by Crippen LogP contribution is 2.26. The van der Waals surface area contributed by atoms with Gasteiger partial charge in [0.05, 0.1) is 4.90 Å². The van der Waals surface area contributed by atoms with Crippen LogP contribution in [0.2, 0.25) is 0 Å². The summed E-state index contributed by atoms with van der Waals surface area (Å²) in [5.74, 6) is -0.416. The van der Waals surface area contributed by atoms with Gasteiger partial charge in [0, 0.05) is 32.1 Å². The van der Waals surface area contributed by atoms with Crippen LogP contribution >= 0.6 is 0 Å². The summed E-state index contributed by atoms with van der Waals surface area (Å²) in [7, 11) is -3.53. The van der Waals surface area contributed by atoms with E-state index in [1.807, 2.05) is 4.90 Å². The van der Waals surface area contributed by atoms with Gasteiger partial charge in [-0.1, -0.05) is 50.1 Å². The fourth-order valence-corrected chi connectivity index (χ4v) is 5.46. The number of piperidine rings is 1. The minimum absolute atomic E-state index is 0.0668. The third kappa shape index (κ3) is 6.14. The van der Waals surface area contributed by atoms with Crippen molar-refractivity contribution in [2.24, 2.45) is 5.92 Å². The molecule has 0 saturated carbocycles. The van der Waals surface area contributed by atoms with Crippen molar-refractivity contribution in [1.82, 2.24) is 9.21 Å². The van der Waals surface area contributed by atoms with Gasteiger partial charge in [-0.15, -0.1) is 0 Å². The number of hydrogen-bond donors (Lipinski definition) is 0. The fourth-order valence-electron chi connectivity index (χ4n) is 3.97. The first-order valence-corrected chi connectivity index (χ1v) is 12.4. The largest absolute Gasteiger partial charge is 0.338 e. The lowest BCUT2D eigenvalue weighted by atomic mass is 9.96. The van der Waals surface area contributed by atoms with Crippen LogP contribution in [0.15, 0.2) is 59.5 Å². The van der Waals surface area contributed by atoms with E-state index in [2.05, 4.69) is 6.92 Å². The second-order valence-corrected chi connectivity index (χ2v) is 10.0. The molecule has 7 heteroatoms. The van der Waals surface area contributed by atoms with Crippen molar-refractivity contribution in [3.63, 3.8) is 0 Å². The number of unbranched alkanes of at least 4 members (excludes halogenated alkanes) is 2. The summed E-state index contributed by atoms with van der Waals surface area (Å²) >= 11 is 0. The van der Waals surface area contributed by atoms with Gasteiger partial charge in [-0.3, -0.25) is 4.79 Å². The molecule has 0 radical (unpaired) electrons. The molecule has 5 nitrogen and oxygen atoms in total. The van der Waals surface area contributed by atoms with Crippen molar-refractivity contribution in [3.05, 3.63) is 66.0 Å². The predicted octanol–water partition coefficient (Wildman–Crippen LogP) is 4.45. The Morgan fingerprint density at radius 1 is 1.03 bits per heavy atom. The molecule has 2 aromatic rings. The highest BCUT2D eigenvalue weighted by Gasteiger charge is 2.33. The van der Waals surface area contributed by atoms with E-state index < -0.39 is 10.0 Å². The molecule has 1 amide bonds. The Bertz CT molecular complexity index is 941. The summed E-state index contributed by atoms with van der Waals surface area (Å²) in [6.07, 6.45) is 4.05. The summed E-state index contributed by atoms with van der Waals surface area (Å²) in [5.41, 5.74) is 0.898. The molecule has 1 aliphatic heterocycles. The predicted molar refractivity (Wildman–Crippen MR) is 119 cm³/mol. The van der Waals surface area contributed by atoms with E-state index in [4.69, 9.17) is 0 Å². The van der Waals surface area contributed by atoms with Gasteiger partial charge in [-0.2, -0.15) is 4.31 Å². The number of rotatable bonds is 9. The molecule has 1 aliphatic rings. The minimum atomic E-state index is -3.53. The first-order valence-electron chi connectivity index (χ1n) is 11.0. The van der Waals surface area contributed by atoms with Crippen LogP contribution in [-0.4, -0.2) is 43.2 Å². The lowest BCUT2D eigenvalue weighted by Crippen LogP contribution is -2.44. The van der Waals surface area contributed by atoms with Crippen LogP contribution in [0, 0.1) is 11.7 Å². The number of amides is 1.